The fourth-order valence-electron chi connectivity index (χ4n) is 6.39. The van der Waals surface area contributed by atoms with Gasteiger partial charge in [0, 0.05) is 30.2 Å². The lowest BCUT2D eigenvalue weighted by Gasteiger charge is -2.28. The molecule has 1 aromatic carbocycles. The summed E-state index contributed by atoms with van der Waals surface area (Å²) in [7, 11) is 0. The van der Waals surface area contributed by atoms with Gasteiger partial charge in [-0.2, -0.15) is 0 Å². The van der Waals surface area contributed by atoms with Gasteiger partial charge in [0.2, 0.25) is 0 Å². The molecule has 0 radical (unpaired) electrons. The molecule has 3 fully saturated rings. The monoisotopic (exact) mass is 448 g/mol. The van der Waals surface area contributed by atoms with E-state index in [1.807, 2.05) is 12.1 Å². The predicted molar refractivity (Wildman–Crippen MR) is 122 cm³/mol. The summed E-state index contributed by atoms with van der Waals surface area (Å²) in [5.41, 5.74) is 2.64. The second-order valence-corrected chi connectivity index (χ2v) is 11.4. The van der Waals surface area contributed by atoms with E-state index < -0.39 is 0 Å². The van der Waals surface area contributed by atoms with Crippen LogP contribution < -0.4 is 4.74 Å². The highest BCUT2D eigenvalue weighted by atomic mass is 35.5. The van der Waals surface area contributed by atoms with Crippen molar-refractivity contribution in [3.05, 3.63) is 28.3 Å². The summed E-state index contributed by atoms with van der Waals surface area (Å²) in [4.78, 5) is 0. The molecule has 2 bridgehead atoms. The van der Waals surface area contributed by atoms with Crippen LogP contribution in [0.4, 0.5) is 0 Å². The van der Waals surface area contributed by atoms with Crippen LogP contribution in [-0.2, 0) is 27.2 Å². The summed E-state index contributed by atoms with van der Waals surface area (Å²) in [6, 6.07) is 4.07. The first-order valence-electron chi connectivity index (χ1n) is 12.2. The van der Waals surface area contributed by atoms with Gasteiger partial charge in [-0.1, -0.05) is 11.6 Å². The normalized spacial score (nSPS) is 33.5. The van der Waals surface area contributed by atoms with Crippen molar-refractivity contribution in [2.45, 2.75) is 109 Å². The number of benzene rings is 1. The Bertz CT molecular complexity index is 791. The Morgan fingerprint density at radius 2 is 1.97 bits per heavy atom. The molecule has 1 atom stereocenters. The first-order valence-corrected chi connectivity index (χ1v) is 12.6. The molecule has 1 aromatic rings. The Labute approximate surface area is 191 Å². The summed E-state index contributed by atoms with van der Waals surface area (Å²) in [6.07, 6.45) is 12.9. The fraction of sp³-hybridized carbons (Fsp3) is 0.769. The molecular formula is C26H37ClO4. The van der Waals surface area contributed by atoms with E-state index in [9.17, 15) is 0 Å². The molecule has 5 rings (SSSR count). The van der Waals surface area contributed by atoms with Gasteiger partial charge in [0.15, 0.2) is 6.29 Å². The van der Waals surface area contributed by atoms with Crippen molar-refractivity contribution < 1.29 is 18.9 Å². The Balaban J connectivity index is 1.14. The van der Waals surface area contributed by atoms with Crippen molar-refractivity contribution in [1.29, 1.82) is 0 Å². The van der Waals surface area contributed by atoms with Crippen LogP contribution in [0.25, 0.3) is 0 Å². The van der Waals surface area contributed by atoms with Gasteiger partial charge >= 0.3 is 0 Å². The highest BCUT2D eigenvalue weighted by molar-refractivity contribution is 6.30. The van der Waals surface area contributed by atoms with Crippen LogP contribution in [0.2, 0.25) is 5.02 Å². The van der Waals surface area contributed by atoms with Gasteiger partial charge < -0.3 is 18.9 Å². The number of halogens is 1. The molecule has 0 spiro atoms. The Morgan fingerprint density at radius 3 is 2.74 bits per heavy atom. The van der Waals surface area contributed by atoms with Crippen molar-refractivity contribution >= 4 is 11.6 Å². The lowest BCUT2D eigenvalue weighted by Crippen LogP contribution is -2.27. The Hall–Kier alpha value is -0.810. The largest absolute Gasteiger partial charge is 0.487 e. The molecule has 0 N–H and O–H groups in total. The fourth-order valence-corrected chi connectivity index (χ4v) is 6.66. The highest BCUT2D eigenvalue weighted by Gasteiger charge is 2.54. The Morgan fingerprint density at radius 1 is 1.13 bits per heavy atom. The molecule has 2 saturated carbocycles. The smallest absolute Gasteiger partial charge is 0.157 e. The minimum Gasteiger partial charge on any atom is -0.487 e. The van der Waals surface area contributed by atoms with Crippen LogP contribution in [0.5, 0.6) is 5.75 Å². The molecule has 2 heterocycles. The molecule has 31 heavy (non-hydrogen) atoms. The van der Waals surface area contributed by atoms with Crippen LogP contribution in [0.15, 0.2) is 12.1 Å². The van der Waals surface area contributed by atoms with Crippen molar-refractivity contribution in [3.8, 4) is 5.75 Å². The van der Waals surface area contributed by atoms with E-state index in [-0.39, 0.29) is 17.5 Å². The van der Waals surface area contributed by atoms with E-state index in [1.165, 1.54) is 56.9 Å². The van der Waals surface area contributed by atoms with Gasteiger partial charge in [-0.05, 0) is 101 Å². The van der Waals surface area contributed by atoms with Gasteiger partial charge in [-0.25, -0.2) is 0 Å². The topological polar surface area (TPSA) is 36.9 Å². The van der Waals surface area contributed by atoms with E-state index in [4.69, 9.17) is 30.5 Å². The molecule has 1 saturated heterocycles. The maximum absolute atomic E-state index is 6.65. The first kappa shape index (κ1) is 22.0. The maximum Gasteiger partial charge on any atom is 0.157 e. The van der Waals surface area contributed by atoms with Crippen molar-refractivity contribution in [3.63, 3.8) is 0 Å². The summed E-state index contributed by atoms with van der Waals surface area (Å²) in [5, 5.41) is 0.783. The van der Waals surface area contributed by atoms with Crippen LogP contribution in [0.1, 0.15) is 89.2 Å². The molecule has 5 heteroatoms. The zero-order chi connectivity index (χ0) is 21.5. The average Bonchev–Trinajstić information content (AvgIpc) is 3.39. The molecule has 4 aliphatic rings. The van der Waals surface area contributed by atoms with Crippen molar-refractivity contribution in [2.24, 2.45) is 5.41 Å². The van der Waals surface area contributed by atoms with E-state index >= 15 is 0 Å². The minimum absolute atomic E-state index is 0.0347. The van der Waals surface area contributed by atoms with E-state index in [1.54, 1.807) is 0 Å². The molecule has 2 aliphatic carbocycles. The van der Waals surface area contributed by atoms with Crippen molar-refractivity contribution in [1.82, 2.24) is 0 Å². The van der Waals surface area contributed by atoms with Crippen molar-refractivity contribution in [2.75, 3.05) is 13.2 Å². The molecule has 4 nitrogen and oxygen atoms in total. The third-order valence-electron chi connectivity index (χ3n) is 7.95. The van der Waals surface area contributed by atoms with Crippen LogP contribution in [0, 0.1) is 5.41 Å². The maximum atomic E-state index is 6.65. The lowest BCUT2D eigenvalue weighted by atomic mass is 9.80. The first-order chi connectivity index (χ1) is 14.9. The van der Waals surface area contributed by atoms with Crippen LogP contribution >= 0.6 is 11.6 Å². The molecule has 1 unspecified atom stereocenters. The van der Waals surface area contributed by atoms with Crippen LogP contribution in [-0.4, -0.2) is 30.7 Å². The summed E-state index contributed by atoms with van der Waals surface area (Å²) in [5.74, 6) is 0.995. The standard InChI is InChI=1S/C26H37ClO4/c1-24(2)16-19-14-21(27)15-20(23(19)31-24)17-30-26-10-8-25(18-26,9-11-26)7-5-13-29-22-6-3-4-12-28-22/h14-15,22H,3-13,16-18H2,1-2H3. The number of ether oxygens (including phenoxy) is 4. The van der Waals surface area contributed by atoms with Gasteiger partial charge in [-0.3, -0.25) is 0 Å². The second kappa shape index (κ2) is 8.52. The van der Waals surface area contributed by atoms with Gasteiger partial charge in [-0.15, -0.1) is 0 Å². The molecule has 0 amide bonds. The number of hydrogen-bond acceptors (Lipinski definition) is 4. The molecule has 2 aliphatic heterocycles. The average molecular weight is 449 g/mol. The second-order valence-electron chi connectivity index (χ2n) is 11.0. The molecular weight excluding hydrogens is 412 g/mol. The number of rotatable bonds is 8. The summed E-state index contributed by atoms with van der Waals surface area (Å²) >= 11 is 6.41. The number of fused-ring (bicyclic) bond motifs is 3. The van der Waals surface area contributed by atoms with E-state index in [0.717, 1.165) is 48.8 Å². The van der Waals surface area contributed by atoms with Gasteiger partial charge in [0.05, 0.1) is 12.2 Å². The van der Waals surface area contributed by atoms with Crippen LogP contribution in [0.3, 0.4) is 0 Å². The Kier molecular flexibility index (Phi) is 6.05. The van der Waals surface area contributed by atoms with E-state index in [2.05, 4.69) is 13.8 Å². The molecule has 172 valence electrons. The third kappa shape index (κ3) is 4.78. The van der Waals surface area contributed by atoms with Gasteiger partial charge in [0.1, 0.15) is 11.4 Å². The lowest BCUT2D eigenvalue weighted by molar-refractivity contribution is -0.163. The number of hydrogen-bond donors (Lipinski definition) is 0. The predicted octanol–water partition coefficient (Wildman–Crippen LogP) is 6.60. The summed E-state index contributed by atoms with van der Waals surface area (Å²) < 4.78 is 24.6. The molecule has 0 aromatic heterocycles. The van der Waals surface area contributed by atoms with Gasteiger partial charge in [0.25, 0.3) is 0 Å². The SMILES string of the molecule is CC1(C)Cc2cc(Cl)cc(COC34CCC(CCCOC5CCCCO5)(CC3)C4)c2O1. The zero-order valence-corrected chi connectivity index (χ0v) is 19.9. The third-order valence-corrected chi connectivity index (χ3v) is 8.17. The quantitative estimate of drug-likeness (QED) is 0.420. The zero-order valence-electron chi connectivity index (χ0n) is 19.1. The van der Waals surface area contributed by atoms with E-state index in [0.29, 0.717) is 12.0 Å². The minimum atomic E-state index is -0.166. The summed E-state index contributed by atoms with van der Waals surface area (Å²) in [6.45, 7) is 6.54. The highest BCUT2D eigenvalue weighted by Crippen LogP contribution is 2.60.